The maximum Gasteiger partial charge on any atom is 0.237 e. The van der Waals surface area contributed by atoms with Crippen LogP contribution in [0.1, 0.15) is 11.1 Å². The summed E-state index contributed by atoms with van der Waals surface area (Å²) < 4.78 is 31.8. The van der Waals surface area contributed by atoms with E-state index in [2.05, 4.69) is 10.2 Å². The number of hydrogen-bond acceptors (Lipinski definition) is 7. The number of nitrogens with zero attached hydrogens (tertiary/aromatic N) is 4. The Bertz CT molecular complexity index is 1640. The van der Waals surface area contributed by atoms with Crippen molar-refractivity contribution in [3.05, 3.63) is 83.7 Å². The molecule has 0 atom stereocenters. The summed E-state index contributed by atoms with van der Waals surface area (Å²) in [6, 6.07) is 19.2. The van der Waals surface area contributed by atoms with Crippen molar-refractivity contribution < 1.29 is 23.4 Å². The number of benzene rings is 3. The second-order valence-corrected chi connectivity index (χ2v) is 9.77. The van der Waals surface area contributed by atoms with Gasteiger partial charge in [0.05, 0.1) is 39.1 Å². The highest BCUT2D eigenvalue weighted by molar-refractivity contribution is 7.99. The zero-order valence-electron chi connectivity index (χ0n) is 22.0. The highest BCUT2D eigenvalue weighted by Crippen LogP contribution is 2.35. The minimum atomic E-state index is -0.366. The van der Waals surface area contributed by atoms with Gasteiger partial charge in [0.15, 0.2) is 22.3 Å². The molecule has 0 aliphatic heterocycles. The van der Waals surface area contributed by atoms with Gasteiger partial charge in [-0.2, -0.15) is 0 Å². The Labute approximate surface area is 229 Å². The Balaban J connectivity index is 1.47. The number of hydrogen-bond donors (Lipinski definition) is 0. The summed E-state index contributed by atoms with van der Waals surface area (Å²) in [6.07, 6.45) is 0. The van der Waals surface area contributed by atoms with E-state index in [1.165, 1.54) is 23.9 Å². The first-order chi connectivity index (χ1) is 18.9. The zero-order valence-corrected chi connectivity index (χ0v) is 22.8. The lowest BCUT2D eigenvalue weighted by Crippen LogP contribution is -2.32. The molecular weight excluding hydrogens is 519 g/mol. The molecule has 0 unspecified atom stereocenters. The second kappa shape index (κ2) is 11.2. The monoisotopic (exact) mass is 546 g/mol. The van der Waals surface area contributed by atoms with Crippen LogP contribution in [-0.4, -0.2) is 47.6 Å². The molecular formula is C29H27FN4O4S. The molecule has 8 nitrogen and oxygen atoms in total. The fourth-order valence-corrected chi connectivity index (χ4v) is 5.21. The van der Waals surface area contributed by atoms with Gasteiger partial charge in [0.25, 0.3) is 0 Å². The summed E-state index contributed by atoms with van der Waals surface area (Å²) in [5.74, 6) is 1.50. The van der Waals surface area contributed by atoms with E-state index >= 15 is 0 Å². The maximum absolute atomic E-state index is 13.6. The van der Waals surface area contributed by atoms with Crippen molar-refractivity contribution in [3.63, 3.8) is 0 Å². The van der Waals surface area contributed by atoms with Crippen molar-refractivity contribution in [2.75, 3.05) is 32.0 Å². The number of halogens is 1. The van der Waals surface area contributed by atoms with Gasteiger partial charge in [-0.15, -0.1) is 10.2 Å². The molecule has 0 saturated carbocycles. The van der Waals surface area contributed by atoms with Crippen molar-refractivity contribution in [1.29, 1.82) is 0 Å². The molecule has 39 heavy (non-hydrogen) atoms. The van der Waals surface area contributed by atoms with Crippen molar-refractivity contribution in [1.82, 2.24) is 14.6 Å². The van der Waals surface area contributed by atoms with Crippen LogP contribution in [0.3, 0.4) is 0 Å². The lowest BCUT2D eigenvalue weighted by atomic mass is 10.1. The predicted molar refractivity (Wildman–Crippen MR) is 150 cm³/mol. The molecule has 3 aromatic carbocycles. The molecule has 0 fully saturated rings. The third kappa shape index (κ3) is 5.33. The number of aryl methyl sites for hydroxylation is 1. The van der Waals surface area contributed by atoms with Crippen molar-refractivity contribution in [2.24, 2.45) is 0 Å². The van der Waals surface area contributed by atoms with Crippen LogP contribution in [0.5, 0.6) is 17.2 Å². The number of aromatic nitrogens is 3. The molecule has 0 aliphatic carbocycles. The Morgan fingerprint density at radius 1 is 0.923 bits per heavy atom. The van der Waals surface area contributed by atoms with Gasteiger partial charge in [-0.3, -0.25) is 9.20 Å². The van der Waals surface area contributed by atoms with Gasteiger partial charge in [-0.25, -0.2) is 4.39 Å². The molecule has 200 valence electrons. The minimum absolute atomic E-state index is 0.0943. The molecule has 0 bridgehead atoms. The molecule has 5 aromatic rings. The quantitative estimate of drug-likeness (QED) is 0.220. The van der Waals surface area contributed by atoms with E-state index in [-0.39, 0.29) is 17.5 Å². The van der Waals surface area contributed by atoms with Crippen LogP contribution in [0.4, 0.5) is 10.1 Å². The number of methoxy groups -OCH3 is 3. The van der Waals surface area contributed by atoms with Crippen LogP contribution in [0, 0.1) is 12.7 Å². The number of anilines is 1. The zero-order chi connectivity index (χ0) is 27.5. The molecule has 1 amide bonds. The summed E-state index contributed by atoms with van der Waals surface area (Å²) in [7, 11) is 4.79. The fraction of sp³-hybridized carbons (Fsp3) is 0.207. The summed E-state index contributed by atoms with van der Waals surface area (Å²) in [6.45, 7) is 2.28. The lowest BCUT2D eigenvalue weighted by Gasteiger charge is -2.23. The third-order valence-corrected chi connectivity index (χ3v) is 7.31. The van der Waals surface area contributed by atoms with Gasteiger partial charge in [0.2, 0.25) is 5.91 Å². The highest BCUT2D eigenvalue weighted by atomic mass is 32.2. The van der Waals surface area contributed by atoms with Crippen LogP contribution in [-0.2, 0) is 11.3 Å². The van der Waals surface area contributed by atoms with Crippen molar-refractivity contribution in [2.45, 2.75) is 18.6 Å². The second-order valence-electron chi connectivity index (χ2n) is 8.83. The Hall–Kier alpha value is -4.31. The molecule has 0 aliphatic rings. The summed E-state index contributed by atoms with van der Waals surface area (Å²) in [4.78, 5) is 15.2. The molecule has 5 rings (SSSR count). The first kappa shape index (κ1) is 26.3. The predicted octanol–water partition coefficient (Wildman–Crippen LogP) is 5.68. The number of rotatable bonds is 9. The standard InChI is InChI=1S/C29H27FN4O4S/c1-18-13-20-14-25(37-3)26(38-4)15-24(20)34-28(18)31-32-29(34)39-17-27(35)33(22-9-7-21(30)8-10-22)16-19-5-11-23(36-2)12-6-19/h5-15H,16-17H2,1-4H3. The number of pyridine rings is 1. The highest BCUT2D eigenvalue weighted by Gasteiger charge is 2.20. The van der Waals surface area contributed by atoms with E-state index in [0.29, 0.717) is 34.5 Å². The number of amides is 1. The van der Waals surface area contributed by atoms with Gasteiger partial charge in [0.1, 0.15) is 11.6 Å². The van der Waals surface area contributed by atoms with Gasteiger partial charge >= 0.3 is 0 Å². The largest absolute Gasteiger partial charge is 0.497 e. The molecule has 0 spiro atoms. The average molecular weight is 547 g/mol. The van der Waals surface area contributed by atoms with Crippen molar-refractivity contribution >= 4 is 39.9 Å². The first-order valence-electron chi connectivity index (χ1n) is 12.1. The van der Waals surface area contributed by atoms with Gasteiger partial charge in [0, 0.05) is 17.1 Å². The van der Waals surface area contributed by atoms with E-state index in [0.717, 1.165) is 27.8 Å². The SMILES string of the molecule is COc1ccc(CN(C(=O)CSc2nnc3c(C)cc4cc(OC)c(OC)cc4n23)c2ccc(F)cc2)cc1. The number of carbonyl (C=O) groups excluding carboxylic acids is 1. The summed E-state index contributed by atoms with van der Waals surface area (Å²) in [5, 5.41) is 10.3. The molecule has 0 N–H and O–H groups in total. The topological polar surface area (TPSA) is 78.2 Å². The summed E-state index contributed by atoms with van der Waals surface area (Å²) >= 11 is 1.29. The van der Waals surface area contributed by atoms with E-state index in [1.54, 1.807) is 38.4 Å². The van der Waals surface area contributed by atoms with E-state index < -0.39 is 0 Å². The van der Waals surface area contributed by atoms with E-state index in [4.69, 9.17) is 14.2 Å². The molecule has 2 aromatic heterocycles. The molecule has 0 saturated heterocycles. The Morgan fingerprint density at radius 2 is 1.62 bits per heavy atom. The lowest BCUT2D eigenvalue weighted by molar-refractivity contribution is -0.116. The third-order valence-electron chi connectivity index (χ3n) is 6.40. The van der Waals surface area contributed by atoms with E-state index in [9.17, 15) is 9.18 Å². The van der Waals surface area contributed by atoms with Crippen LogP contribution < -0.4 is 19.1 Å². The van der Waals surface area contributed by atoms with Crippen molar-refractivity contribution in [3.8, 4) is 17.2 Å². The Morgan fingerprint density at radius 3 is 2.28 bits per heavy atom. The molecule has 0 radical (unpaired) electrons. The average Bonchev–Trinajstić information content (AvgIpc) is 3.40. The molecule has 2 heterocycles. The number of thioether (sulfide) groups is 1. The van der Waals surface area contributed by atoms with Crippen LogP contribution in [0.25, 0.3) is 16.6 Å². The summed E-state index contributed by atoms with van der Waals surface area (Å²) in [5.41, 5.74) is 3.98. The first-order valence-corrected chi connectivity index (χ1v) is 13.1. The van der Waals surface area contributed by atoms with Gasteiger partial charge < -0.3 is 19.1 Å². The van der Waals surface area contributed by atoms with Crippen LogP contribution >= 0.6 is 11.8 Å². The number of fused-ring (bicyclic) bond motifs is 3. The van der Waals surface area contributed by atoms with Crippen LogP contribution in [0.2, 0.25) is 0 Å². The number of ether oxygens (including phenoxy) is 3. The smallest absolute Gasteiger partial charge is 0.237 e. The normalized spacial score (nSPS) is 11.1. The fourth-order valence-electron chi connectivity index (χ4n) is 4.39. The van der Waals surface area contributed by atoms with Gasteiger partial charge in [-0.05, 0) is 66.6 Å². The van der Waals surface area contributed by atoms with Crippen LogP contribution in [0.15, 0.2) is 71.9 Å². The molecule has 10 heteroatoms. The van der Waals surface area contributed by atoms with Gasteiger partial charge in [-0.1, -0.05) is 23.9 Å². The Kier molecular flexibility index (Phi) is 7.56. The number of carbonyl (C=O) groups is 1. The van der Waals surface area contributed by atoms with E-state index in [1.807, 2.05) is 53.8 Å². The minimum Gasteiger partial charge on any atom is -0.497 e. The maximum atomic E-state index is 13.6.